The second-order valence-corrected chi connectivity index (χ2v) is 7.65. The largest absolute Gasteiger partial charge is 0.465 e. The van der Waals surface area contributed by atoms with Crippen LogP contribution in [-0.4, -0.2) is 37.0 Å². The van der Waals surface area contributed by atoms with Gasteiger partial charge in [-0.1, -0.05) is 28.1 Å². The van der Waals surface area contributed by atoms with Gasteiger partial charge in [0.05, 0.1) is 12.7 Å². The van der Waals surface area contributed by atoms with Gasteiger partial charge in [0, 0.05) is 22.6 Å². The van der Waals surface area contributed by atoms with Crippen LogP contribution in [0, 0.1) is 5.92 Å². The third kappa shape index (κ3) is 5.40. The average Bonchev–Trinajstić information content (AvgIpc) is 2.68. The van der Waals surface area contributed by atoms with Gasteiger partial charge in [-0.3, -0.25) is 9.69 Å². The average molecular weight is 431 g/mol. The van der Waals surface area contributed by atoms with E-state index >= 15 is 0 Å². The Hall–Kier alpha value is -2.18. The number of hydrogen-bond acceptors (Lipinski definition) is 4. The molecule has 5 nitrogen and oxygen atoms in total. The number of nitrogens with one attached hydrogen (secondary N) is 1. The first kappa shape index (κ1) is 19.6. The maximum Gasteiger partial charge on any atom is 0.337 e. The lowest BCUT2D eigenvalue weighted by Gasteiger charge is -2.31. The smallest absolute Gasteiger partial charge is 0.337 e. The number of halogens is 1. The molecule has 0 atom stereocenters. The molecule has 1 N–H and O–H groups in total. The SMILES string of the molecule is COC(=O)c1ccc(NC(=O)C2CCN(Cc3cccc(Br)c3)CC2)cc1. The Morgan fingerprint density at radius 2 is 1.85 bits per heavy atom. The molecule has 142 valence electrons. The molecule has 0 unspecified atom stereocenters. The van der Waals surface area contributed by atoms with Crippen LogP contribution in [-0.2, 0) is 16.1 Å². The van der Waals surface area contributed by atoms with Gasteiger partial charge in [0.25, 0.3) is 0 Å². The van der Waals surface area contributed by atoms with E-state index in [-0.39, 0.29) is 17.8 Å². The lowest BCUT2D eigenvalue weighted by molar-refractivity contribution is -0.121. The fourth-order valence-corrected chi connectivity index (χ4v) is 3.75. The number of esters is 1. The molecule has 6 heteroatoms. The van der Waals surface area contributed by atoms with Crippen molar-refractivity contribution < 1.29 is 14.3 Å². The summed E-state index contributed by atoms with van der Waals surface area (Å²) in [4.78, 5) is 26.4. The van der Waals surface area contributed by atoms with Gasteiger partial charge in [0.1, 0.15) is 0 Å². The molecule has 0 spiro atoms. The summed E-state index contributed by atoms with van der Waals surface area (Å²) < 4.78 is 5.77. The Bertz CT molecular complexity index is 799. The Kier molecular flexibility index (Phi) is 6.63. The van der Waals surface area contributed by atoms with Crippen LogP contribution < -0.4 is 5.32 Å². The lowest BCUT2D eigenvalue weighted by atomic mass is 9.95. The Labute approximate surface area is 167 Å². The van der Waals surface area contributed by atoms with E-state index in [1.165, 1.54) is 12.7 Å². The van der Waals surface area contributed by atoms with Gasteiger partial charge in [0.15, 0.2) is 0 Å². The van der Waals surface area contributed by atoms with Crippen LogP contribution in [0.3, 0.4) is 0 Å². The highest BCUT2D eigenvalue weighted by Gasteiger charge is 2.25. The molecule has 1 saturated heterocycles. The van der Waals surface area contributed by atoms with Crippen LogP contribution in [0.25, 0.3) is 0 Å². The van der Waals surface area contributed by atoms with Gasteiger partial charge in [-0.2, -0.15) is 0 Å². The van der Waals surface area contributed by atoms with Crippen LogP contribution in [0.4, 0.5) is 5.69 Å². The van der Waals surface area contributed by atoms with E-state index in [9.17, 15) is 9.59 Å². The van der Waals surface area contributed by atoms with Gasteiger partial charge in [-0.25, -0.2) is 4.79 Å². The van der Waals surface area contributed by atoms with Crippen molar-refractivity contribution in [2.45, 2.75) is 19.4 Å². The quantitative estimate of drug-likeness (QED) is 0.725. The third-order valence-electron chi connectivity index (χ3n) is 4.83. The maximum absolute atomic E-state index is 12.5. The van der Waals surface area contributed by atoms with E-state index in [1.54, 1.807) is 24.3 Å². The summed E-state index contributed by atoms with van der Waals surface area (Å²) in [5.41, 5.74) is 2.44. The van der Waals surface area contributed by atoms with Crippen molar-refractivity contribution in [1.82, 2.24) is 4.90 Å². The van der Waals surface area contributed by atoms with Gasteiger partial charge in [-0.15, -0.1) is 0 Å². The van der Waals surface area contributed by atoms with Crippen LogP contribution in [0.2, 0.25) is 0 Å². The second-order valence-electron chi connectivity index (χ2n) is 6.74. The van der Waals surface area contributed by atoms with Gasteiger partial charge in [-0.05, 0) is 67.9 Å². The second kappa shape index (κ2) is 9.15. The van der Waals surface area contributed by atoms with Gasteiger partial charge in [0.2, 0.25) is 5.91 Å². The summed E-state index contributed by atoms with van der Waals surface area (Å²) >= 11 is 3.51. The minimum absolute atomic E-state index is 0.0176. The molecule has 0 aliphatic carbocycles. The molecule has 27 heavy (non-hydrogen) atoms. The molecule has 1 aliphatic heterocycles. The van der Waals surface area contributed by atoms with Gasteiger partial charge >= 0.3 is 5.97 Å². The minimum atomic E-state index is -0.384. The molecule has 1 fully saturated rings. The first-order chi connectivity index (χ1) is 13.0. The van der Waals surface area contributed by atoms with E-state index in [1.807, 2.05) is 12.1 Å². The highest BCUT2D eigenvalue weighted by atomic mass is 79.9. The zero-order chi connectivity index (χ0) is 19.2. The molecule has 0 radical (unpaired) electrons. The zero-order valence-corrected chi connectivity index (χ0v) is 16.9. The highest BCUT2D eigenvalue weighted by Crippen LogP contribution is 2.22. The molecule has 1 amide bonds. The molecule has 0 saturated carbocycles. The van der Waals surface area contributed by atoms with Crippen molar-refractivity contribution in [2.75, 3.05) is 25.5 Å². The standard InChI is InChI=1S/C21H23BrN2O3/c1-27-21(26)17-5-7-19(8-6-17)23-20(25)16-9-11-24(12-10-16)14-15-3-2-4-18(22)13-15/h2-8,13,16H,9-12,14H2,1H3,(H,23,25). The summed E-state index contributed by atoms with van der Waals surface area (Å²) in [5.74, 6) is -0.322. The van der Waals surface area contributed by atoms with Crippen molar-refractivity contribution in [2.24, 2.45) is 5.92 Å². The maximum atomic E-state index is 12.5. The number of amides is 1. The number of hydrogen-bond donors (Lipinski definition) is 1. The number of ether oxygens (including phenoxy) is 1. The summed E-state index contributed by atoms with van der Waals surface area (Å²) in [7, 11) is 1.35. The van der Waals surface area contributed by atoms with E-state index in [0.29, 0.717) is 11.3 Å². The number of anilines is 1. The Balaban J connectivity index is 1.49. The monoisotopic (exact) mass is 430 g/mol. The number of rotatable bonds is 5. The van der Waals surface area contributed by atoms with Crippen molar-refractivity contribution >= 4 is 33.5 Å². The number of piperidine rings is 1. The van der Waals surface area contributed by atoms with Crippen molar-refractivity contribution in [3.63, 3.8) is 0 Å². The molecule has 0 aromatic heterocycles. The predicted molar refractivity (Wildman–Crippen MR) is 109 cm³/mol. The van der Waals surface area contributed by atoms with Crippen LogP contribution >= 0.6 is 15.9 Å². The fraction of sp³-hybridized carbons (Fsp3) is 0.333. The summed E-state index contributed by atoms with van der Waals surface area (Å²) in [6.07, 6.45) is 1.69. The predicted octanol–water partition coefficient (Wildman–Crippen LogP) is 4.09. The Morgan fingerprint density at radius 3 is 2.48 bits per heavy atom. The van der Waals surface area contributed by atoms with E-state index in [0.717, 1.165) is 36.9 Å². The molecule has 0 bridgehead atoms. The number of carbonyl (C=O) groups excluding carboxylic acids is 2. The topological polar surface area (TPSA) is 58.6 Å². The zero-order valence-electron chi connectivity index (χ0n) is 15.3. The van der Waals surface area contributed by atoms with Crippen LogP contribution in [0.5, 0.6) is 0 Å². The fourth-order valence-electron chi connectivity index (χ4n) is 3.30. The molecule has 1 aliphatic rings. The highest BCUT2D eigenvalue weighted by molar-refractivity contribution is 9.10. The van der Waals surface area contributed by atoms with Crippen LogP contribution in [0.1, 0.15) is 28.8 Å². The van der Waals surface area contributed by atoms with Crippen LogP contribution in [0.15, 0.2) is 53.0 Å². The van der Waals surface area contributed by atoms with E-state index < -0.39 is 0 Å². The summed E-state index contributed by atoms with van der Waals surface area (Å²) in [6, 6.07) is 15.1. The number of nitrogens with zero attached hydrogens (tertiary/aromatic N) is 1. The number of benzene rings is 2. The summed E-state index contributed by atoms with van der Waals surface area (Å²) in [6.45, 7) is 2.72. The lowest BCUT2D eigenvalue weighted by Crippen LogP contribution is -2.37. The number of carbonyl (C=O) groups is 2. The molecule has 2 aromatic rings. The van der Waals surface area contributed by atoms with Gasteiger partial charge < -0.3 is 10.1 Å². The first-order valence-electron chi connectivity index (χ1n) is 9.01. The molecule has 2 aromatic carbocycles. The van der Waals surface area contributed by atoms with E-state index in [2.05, 4.69) is 43.0 Å². The van der Waals surface area contributed by atoms with Crippen molar-refractivity contribution in [3.8, 4) is 0 Å². The summed E-state index contributed by atoms with van der Waals surface area (Å²) in [5, 5.41) is 2.95. The molecular weight excluding hydrogens is 408 g/mol. The Morgan fingerprint density at radius 1 is 1.15 bits per heavy atom. The van der Waals surface area contributed by atoms with E-state index in [4.69, 9.17) is 0 Å². The number of methoxy groups -OCH3 is 1. The molecular formula is C21H23BrN2O3. The normalized spacial score (nSPS) is 15.3. The van der Waals surface area contributed by atoms with Crippen molar-refractivity contribution in [1.29, 1.82) is 0 Å². The first-order valence-corrected chi connectivity index (χ1v) is 9.80. The third-order valence-corrected chi connectivity index (χ3v) is 5.32. The van der Waals surface area contributed by atoms with Crippen molar-refractivity contribution in [3.05, 3.63) is 64.1 Å². The molecule has 1 heterocycles. The molecule has 3 rings (SSSR count). The minimum Gasteiger partial charge on any atom is -0.465 e. The number of likely N-dealkylation sites (tertiary alicyclic amines) is 1.